The number of carbonyl (C=O) groups excluding carboxylic acids is 1. The first-order valence-corrected chi connectivity index (χ1v) is 5.89. The molecule has 0 saturated carbocycles. The van der Waals surface area contributed by atoms with Crippen LogP contribution in [0.3, 0.4) is 0 Å². The fraction of sp³-hybridized carbons (Fsp3) is 0.909. The summed E-state index contributed by atoms with van der Waals surface area (Å²) in [6.45, 7) is 8.56. The SMILES string of the molecule is CNCOCC(=O)N1CCN(C(C)C)CC1. The average Bonchev–Trinajstić information content (AvgIpc) is 2.29. The van der Waals surface area contributed by atoms with Crippen LogP contribution in [0, 0.1) is 0 Å². The number of ether oxygens (including phenoxy) is 1. The molecule has 1 heterocycles. The minimum Gasteiger partial charge on any atom is -0.357 e. The normalized spacial score (nSPS) is 18.1. The van der Waals surface area contributed by atoms with E-state index in [2.05, 4.69) is 24.1 Å². The molecule has 0 aromatic carbocycles. The summed E-state index contributed by atoms with van der Waals surface area (Å²) in [4.78, 5) is 16.0. The van der Waals surface area contributed by atoms with Crippen molar-refractivity contribution in [2.75, 3.05) is 46.6 Å². The van der Waals surface area contributed by atoms with E-state index < -0.39 is 0 Å². The number of amides is 1. The van der Waals surface area contributed by atoms with Crippen LogP contribution in [0.2, 0.25) is 0 Å². The predicted molar refractivity (Wildman–Crippen MR) is 63.2 cm³/mol. The van der Waals surface area contributed by atoms with Crippen LogP contribution in [0.4, 0.5) is 0 Å². The van der Waals surface area contributed by atoms with Crippen LogP contribution in [0.25, 0.3) is 0 Å². The largest absolute Gasteiger partial charge is 0.357 e. The fourth-order valence-electron chi connectivity index (χ4n) is 1.82. The number of piperazine rings is 1. The van der Waals surface area contributed by atoms with E-state index in [1.165, 1.54) is 0 Å². The third-order valence-corrected chi connectivity index (χ3v) is 2.87. The molecule has 0 atom stereocenters. The van der Waals surface area contributed by atoms with Crippen LogP contribution in [0.1, 0.15) is 13.8 Å². The summed E-state index contributed by atoms with van der Waals surface area (Å²) in [6, 6.07) is 0.567. The Morgan fingerprint density at radius 1 is 1.31 bits per heavy atom. The van der Waals surface area contributed by atoms with Gasteiger partial charge in [0.1, 0.15) is 6.61 Å². The van der Waals surface area contributed by atoms with E-state index in [1.54, 1.807) is 7.05 Å². The first-order valence-electron chi connectivity index (χ1n) is 5.89. The molecule has 1 rings (SSSR count). The molecule has 0 bridgehead atoms. The zero-order chi connectivity index (χ0) is 12.0. The van der Waals surface area contributed by atoms with Crippen LogP contribution in [0.15, 0.2) is 0 Å². The maximum Gasteiger partial charge on any atom is 0.248 e. The van der Waals surface area contributed by atoms with Gasteiger partial charge < -0.3 is 9.64 Å². The van der Waals surface area contributed by atoms with E-state index >= 15 is 0 Å². The standard InChI is InChI=1S/C11H23N3O2/c1-10(2)13-4-6-14(7-5-13)11(15)8-16-9-12-3/h10,12H,4-9H2,1-3H3. The highest BCUT2D eigenvalue weighted by Crippen LogP contribution is 2.05. The molecule has 0 aromatic rings. The Balaban J connectivity index is 2.22. The minimum absolute atomic E-state index is 0.0960. The van der Waals surface area contributed by atoms with E-state index in [9.17, 15) is 4.79 Å². The monoisotopic (exact) mass is 229 g/mol. The van der Waals surface area contributed by atoms with Crippen molar-refractivity contribution in [3.63, 3.8) is 0 Å². The summed E-state index contributed by atoms with van der Waals surface area (Å²) >= 11 is 0. The van der Waals surface area contributed by atoms with Crippen LogP contribution in [0.5, 0.6) is 0 Å². The van der Waals surface area contributed by atoms with Gasteiger partial charge >= 0.3 is 0 Å². The topological polar surface area (TPSA) is 44.8 Å². The van der Waals surface area contributed by atoms with Crippen LogP contribution in [-0.4, -0.2) is 68.3 Å². The van der Waals surface area contributed by atoms with Crippen molar-refractivity contribution in [1.29, 1.82) is 0 Å². The first kappa shape index (κ1) is 13.4. The average molecular weight is 229 g/mol. The van der Waals surface area contributed by atoms with E-state index in [0.29, 0.717) is 12.8 Å². The second-order valence-corrected chi connectivity index (χ2v) is 4.36. The molecule has 0 unspecified atom stereocenters. The molecule has 1 saturated heterocycles. The van der Waals surface area contributed by atoms with Gasteiger partial charge in [0.05, 0.1) is 6.73 Å². The zero-order valence-electron chi connectivity index (χ0n) is 10.5. The van der Waals surface area contributed by atoms with Gasteiger partial charge in [-0.2, -0.15) is 0 Å². The third kappa shape index (κ3) is 4.08. The minimum atomic E-state index is 0.0960. The summed E-state index contributed by atoms with van der Waals surface area (Å²) in [7, 11) is 1.80. The predicted octanol–water partition coefficient (Wildman–Crippen LogP) is -0.267. The Hall–Kier alpha value is -0.650. The van der Waals surface area contributed by atoms with Crippen molar-refractivity contribution < 1.29 is 9.53 Å². The molecule has 1 aliphatic heterocycles. The third-order valence-electron chi connectivity index (χ3n) is 2.87. The Morgan fingerprint density at radius 2 is 1.94 bits per heavy atom. The second-order valence-electron chi connectivity index (χ2n) is 4.36. The van der Waals surface area contributed by atoms with Crippen LogP contribution in [-0.2, 0) is 9.53 Å². The Morgan fingerprint density at radius 3 is 2.44 bits per heavy atom. The van der Waals surface area contributed by atoms with Gasteiger partial charge in [0.25, 0.3) is 0 Å². The highest BCUT2D eigenvalue weighted by Gasteiger charge is 2.21. The fourth-order valence-corrected chi connectivity index (χ4v) is 1.82. The van der Waals surface area contributed by atoms with Crippen molar-refractivity contribution in [1.82, 2.24) is 15.1 Å². The van der Waals surface area contributed by atoms with Gasteiger partial charge in [-0.15, -0.1) is 0 Å². The van der Waals surface area contributed by atoms with Crippen molar-refractivity contribution in [3.05, 3.63) is 0 Å². The van der Waals surface area contributed by atoms with Crippen molar-refractivity contribution in [2.45, 2.75) is 19.9 Å². The molecular weight excluding hydrogens is 206 g/mol. The summed E-state index contributed by atoms with van der Waals surface area (Å²) < 4.78 is 5.16. The second kappa shape index (κ2) is 6.83. The quantitative estimate of drug-likeness (QED) is 0.521. The molecule has 1 aliphatic rings. The first-order chi connectivity index (χ1) is 7.65. The molecule has 5 heteroatoms. The van der Waals surface area contributed by atoms with Gasteiger partial charge in [-0.05, 0) is 20.9 Å². The van der Waals surface area contributed by atoms with E-state index in [0.717, 1.165) is 26.2 Å². The zero-order valence-corrected chi connectivity index (χ0v) is 10.5. The van der Waals surface area contributed by atoms with Gasteiger partial charge in [-0.3, -0.25) is 15.0 Å². The smallest absolute Gasteiger partial charge is 0.248 e. The Bertz CT molecular complexity index is 213. The van der Waals surface area contributed by atoms with Crippen molar-refractivity contribution >= 4 is 5.91 Å². The van der Waals surface area contributed by atoms with Gasteiger partial charge in [-0.25, -0.2) is 0 Å². The molecule has 0 aromatic heterocycles. The van der Waals surface area contributed by atoms with Gasteiger partial charge in [-0.1, -0.05) is 0 Å². The molecule has 16 heavy (non-hydrogen) atoms. The highest BCUT2D eigenvalue weighted by atomic mass is 16.5. The lowest BCUT2D eigenvalue weighted by Gasteiger charge is -2.36. The number of hydrogen-bond donors (Lipinski definition) is 1. The van der Waals surface area contributed by atoms with E-state index in [4.69, 9.17) is 4.74 Å². The van der Waals surface area contributed by atoms with Gasteiger partial charge in [0, 0.05) is 32.2 Å². The van der Waals surface area contributed by atoms with Crippen molar-refractivity contribution in [2.24, 2.45) is 0 Å². The molecule has 0 spiro atoms. The molecule has 0 radical (unpaired) electrons. The number of nitrogens with zero attached hydrogens (tertiary/aromatic N) is 2. The van der Waals surface area contributed by atoms with E-state index in [1.807, 2.05) is 4.90 Å². The van der Waals surface area contributed by atoms with Crippen molar-refractivity contribution in [3.8, 4) is 0 Å². The number of nitrogens with one attached hydrogen (secondary N) is 1. The molecule has 5 nitrogen and oxygen atoms in total. The maximum absolute atomic E-state index is 11.7. The van der Waals surface area contributed by atoms with Crippen LogP contribution >= 0.6 is 0 Å². The summed E-state index contributed by atoms with van der Waals surface area (Å²) in [5.41, 5.74) is 0. The summed E-state index contributed by atoms with van der Waals surface area (Å²) in [6.07, 6.45) is 0. The Labute approximate surface area is 97.7 Å². The molecule has 94 valence electrons. The van der Waals surface area contributed by atoms with Gasteiger partial charge in [0.2, 0.25) is 5.91 Å². The molecule has 1 fully saturated rings. The lowest BCUT2D eigenvalue weighted by Crippen LogP contribution is -2.51. The lowest BCUT2D eigenvalue weighted by molar-refractivity contribution is -0.138. The molecule has 1 amide bonds. The number of carbonyl (C=O) groups is 1. The van der Waals surface area contributed by atoms with Crippen LogP contribution < -0.4 is 5.32 Å². The summed E-state index contributed by atoms with van der Waals surface area (Å²) in [5.74, 6) is 0.0960. The molecule has 1 N–H and O–H groups in total. The summed E-state index contributed by atoms with van der Waals surface area (Å²) in [5, 5.41) is 2.85. The Kier molecular flexibility index (Phi) is 5.73. The number of hydrogen-bond acceptors (Lipinski definition) is 4. The molecule has 0 aliphatic carbocycles. The number of rotatable bonds is 5. The molecular formula is C11H23N3O2. The lowest BCUT2D eigenvalue weighted by atomic mass is 10.2. The maximum atomic E-state index is 11.7. The van der Waals surface area contributed by atoms with Gasteiger partial charge in [0.15, 0.2) is 0 Å². The highest BCUT2D eigenvalue weighted by molar-refractivity contribution is 5.77. The van der Waals surface area contributed by atoms with E-state index in [-0.39, 0.29) is 12.5 Å².